The lowest BCUT2D eigenvalue weighted by atomic mass is 10.1. The summed E-state index contributed by atoms with van der Waals surface area (Å²) in [5.41, 5.74) is 0.156. The molecule has 0 atom stereocenters. The number of alkyl halides is 3. The van der Waals surface area contributed by atoms with E-state index in [1.165, 1.54) is 24.4 Å². The van der Waals surface area contributed by atoms with Gasteiger partial charge in [-0.15, -0.1) is 0 Å². The van der Waals surface area contributed by atoms with Gasteiger partial charge in [0.2, 0.25) is 0 Å². The molecule has 0 aliphatic carbocycles. The molecule has 2 aromatic rings. The molecule has 0 spiro atoms. The number of pyridine rings is 1. The first-order valence-electron chi connectivity index (χ1n) is 6.52. The van der Waals surface area contributed by atoms with Crippen molar-refractivity contribution in [3.63, 3.8) is 0 Å². The highest BCUT2D eigenvalue weighted by Gasteiger charge is 2.33. The Morgan fingerprint density at radius 3 is 2.55 bits per heavy atom. The summed E-state index contributed by atoms with van der Waals surface area (Å²) < 4.78 is 38.8. The maximum absolute atomic E-state index is 12.9. The van der Waals surface area contributed by atoms with Crippen LogP contribution in [0.25, 0.3) is 0 Å². The number of nitrogens with one attached hydrogen (secondary N) is 1. The Labute approximate surface area is 125 Å². The molecule has 0 aliphatic rings. The van der Waals surface area contributed by atoms with Crippen LogP contribution in [0, 0.1) is 6.92 Å². The third-order valence-corrected chi connectivity index (χ3v) is 3.29. The molecule has 0 radical (unpaired) electrons. The van der Waals surface area contributed by atoms with Crippen molar-refractivity contribution in [2.45, 2.75) is 26.3 Å². The van der Waals surface area contributed by atoms with Gasteiger partial charge in [0.05, 0.1) is 17.9 Å². The molecule has 0 saturated carbocycles. The molecule has 0 fully saturated rings. The van der Waals surface area contributed by atoms with E-state index in [2.05, 4.69) is 10.3 Å². The van der Waals surface area contributed by atoms with Gasteiger partial charge in [-0.2, -0.15) is 13.2 Å². The first kappa shape index (κ1) is 16.1. The summed E-state index contributed by atoms with van der Waals surface area (Å²) in [6.45, 7) is 1.15. The number of aromatic nitrogens is 1. The standard InChI is InChI=1S/C15H15F3N2O2/c1-9-14(22)11(10(8-21)6-19-9)7-20-13-5-3-2-4-12(13)15(16,17)18/h2-6,20-22H,7-8H2,1H3. The average molecular weight is 312 g/mol. The van der Waals surface area contributed by atoms with Gasteiger partial charge in [0.15, 0.2) is 0 Å². The molecule has 7 heteroatoms. The number of aryl methyl sites for hydroxylation is 1. The molecular weight excluding hydrogens is 297 g/mol. The van der Waals surface area contributed by atoms with E-state index in [0.29, 0.717) is 16.8 Å². The number of aliphatic hydroxyl groups excluding tert-OH is 1. The Hall–Kier alpha value is -2.28. The Kier molecular flexibility index (Phi) is 4.56. The minimum absolute atomic E-state index is 0.0574. The van der Waals surface area contributed by atoms with Gasteiger partial charge in [0.25, 0.3) is 0 Å². The van der Waals surface area contributed by atoms with E-state index in [-0.39, 0.29) is 24.6 Å². The van der Waals surface area contributed by atoms with Gasteiger partial charge in [0.1, 0.15) is 5.75 Å². The van der Waals surface area contributed by atoms with Crippen molar-refractivity contribution < 1.29 is 23.4 Å². The van der Waals surface area contributed by atoms with Gasteiger partial charge in [-0.1, -0.05) is 12.1 Å². The van der Waals surface area contributed by atoms with Crippen molar-refractivity contribution in [1.82, 2.24) is 4.98 Å². The number of hydrogen-bond acceptors (Lipinski definition) is 4. The lowest BCUT2D eigenvalue weighted by Gasteiger charge is -2.16. The average Bonchev–Trinajstić information content (AvgIpc) is 2.48. The Morgan fingerprint density at radius 2 is 1.91 bits per heavy atom. The lowest BCUT2D eigenvalue weighted by molar-refractivity contribution is -0.136. The van der Waals surface area contributed by atoms with Crippen molar-refractivity contribution >= 4 is 5.69 Å². The summed E-state index contributed by atoms with van der Waals surface area (Å²) in [5.74, 6) is -0.136. The fourth-order valence-electron chi connectivity index (χ4n) is 2.09. The number of aliphatic hydroxyl groups is 1. The highest BCUT2D eigenvalue weighted by atomic mass is 19.4. The van der Waals surface area contributed by atoms with E-state index in [4.69, 9.17) is 0 Å². The second-order valence-corrected chi connectivity index (χ2v) is 4.75. The van der Waals surface area contributed by atoms with Crippen molar-refractivity contribution in [3.8, 4) is 5.75 Å². The minimum atomic E-state index is -4.47. The van der Waals surface area contributed by atoms with Gasteiger partial charge >= 0.3 is 6.18 Å². The fraction of sp³-hybridized carbons (Fsp3) is 0.267. The van der Waals surface area contributed by atoms with E-state index < -0.39 is 11.7 Å². The number of aromatic hydroxyl groups is 1. The van der Waals surface area contributed by atoms with Crippen LogP contribution in [0.3, 0.4) is 0 Å². The van der Waals surface area contributed by atoms with E-state index in [1.807, 2.05) is 0 Å². The summed E-state index contributed by atoms with van der Waals surface area (Å²) in [5, 5.41) is 21.9. The molecule has 3 N–H and O–H groups in total. The zero-order valence-corrected chi connectivity index (χ0v) is 11.8. The number of rotatable bonds is 4. The van der Waals surface area contributed by atoms with Gasteiger partial charge in [0, 0.05) is 29.6 Å². The Morgan fingerprint density at radius 1 is 1.23 bits per heavy atom. The van der Waals surface area contributed by atoms with Gasteiger partial charge in [-0.05, 0) is 19.1 Å². The van der Waals surface area contributed by atoms with Crippen LogP contribution in [-0.2, 0) is 19.3 Å². The zero-order valence-electron chi connectivity index (χ0n) is 11.8. The molecule has 118 valence electrons. The SMILES string of the molecule is Cc1ncc(CO)c(CNc2ccccc2C(F)(F)F)c1O. The number of anilines is 1. The van der Waals surface area contributed by atoms with Crippen molar-refractivity contribution in [2.75, 3.05) is 5.32 Å². The van der Waals surface area contributed by atoms with Crippen molar-refractivity contribution in [3.05, 3.63) is 52.8 Å². The number of nitrogens with zero attached hydrogens (tertiary/aromatic N) is 1. The van der Waals surface area contributed by atoms with E-state index >= 15 is 0 Å². The lowest BCUT2D eigenvalue weighted by Crippen LogP contribution is -2.12. The van der Waals surface area contributed by atoms with Crippen LogP contribution in [0.4, 0.5) is 18.9 Å². The Balaban J connectivity index is 2.31. The third kappa shape index (κ3) is 3.30. The molecule has 0 aliphatic heterocycles. The zero-order chi connectivity index (χ0) is 16.3. The minimum Gasteiger partial charge on any atom is -0.506 e. The Bertz CT molecular complexity index is 672. The second-order valence-electron chi connectivity index (χ2n) is 4.75. The molecule has 1 aromatic heterocycles. The summed E-state index contributed by atoms with van der Waals surface area (Å²) in [4.78, 5) is 3.90. The van der Waals surface area contributed by atoms with Crippen LogP contribution in [-0.4, -0.2) is 15.2 Å². The molecule has 2 rings (SSSR count). The second kappa shape index (κ2) is 6.23. The number of hydrogen-bond donors (Lipinski definition) is 3. The molecule has 0 amide bonds. The predicted molar refractivity (Wildman–Crippen MR) is 75.3 cm³/mol. The van der Waals surface area contributed by atoms with E-state index in [0.717, 1.165) is 6.07 Å². The highest BCUT2D eigenvalue weighted by Crippen LogP contribution is 2.35. The maximum Gasteiger partial charge on any atom is 0.418 e. The molecule has 4 nitrogen and oxygen atoms in total. The molecule has 0 unspecified atom stereocenters. The summed E-state index contributed by atoms with van der Waals surface area (Å²) in [6.07, 6.45) is -3.08. The van der Waals surface area contributed by atoms with Gasteiger partial charge < -0.3 is 15.5 Å². The van der Waals surface area contributed by atoms with Gasteiger partial charge in [-0.3, -0.25) is 4.98 Å². The summed E-state index contributed by atoms with van der Waals surface area (Å²) in [6, 6.07) is 5.09. The van der Waals surface area contributed by atoms with Crippen molar-refractivity contribution in [1.29, 1.82) is 0 Å². The third-order valence-electron chi connectivity index (χ3n) is 3.29. The first-order chi connectivity index (χ1) is 10.3. The predicted octanol–water partition coefficient (Wildman–Crippen LogP) is 3.22. The van der Waals surface area contributed by atoms with Crippen LogP contribution in [0.15, 0.2) is 30.5 Å². The molecule has 0 bridgehead atoms. The number of benzene rings is 1. The molecule has 1 aromatic carbocycles. The summed E-state index contributed by atoms with van der Waals surface area (Å²) >= 11 is 0. The molecule has 1 heterocycles. The van der Waals surface area contributed by atoms with Crippen LogP contribution in [0.2, 0.25) is 0 Å². The first-order valence-corrected chi connectivity index (χ1v) is 6.52. The van der Waals surface area contributed by atoms with Crippen LogP contribution >= 0.6 is 0 Å². The maximum atomic E-state index is 12.9. The normalized spacial score (nSPS) is 11.5. The number of para-hydroxylation sites is 1. The summed E-state index contributed by atoms with van der Waals surface area (Å²) in [7, 11) is 0. The largest absolute Gasteiger partial charge is 0.506 e. The van der Waals surface area contributed by atoms with Crippen LogP contribution in [0.5, 0.6) is 5.75 Å². The molecule has 0 saturated heterocycles. The van der Waals surface area contributed by atoms with E-state index in [1.54, 1.807) is 6.92 Å². The number of halogens is 3. The van der Waals surface area contributed by atoms with Crippen LogP contribution in [0.1, 0.15) is 22.4 Å². The van der Waals surface area contributed by atoms with E-state index in [9.17, 15) is 23.4 Å². The molecule has 22 heavy (non-hydrogen) atoms. The smallest absolute Gasteiger partial charge is 0.418 e. The van der Waals surface area contributed by atoms with Crippen molar-refractivity contribution in [2.24, 2.45) is 0 Å². The topological polar surface area (TPSA) is 65.4 Å². The van der Waals surface area contributed by atoms with Gasteiger partial charge in [-0.25, -0.2) is 0 Å². The monoisotopic (exact) mass is 312 g/mol. The quantitative estimate of drug-likeness (QED) is 0.811. The molecular formula is C15H15F3N2O2. The fourth-order valence-corrected chi connectivity index (χ4v) is 2.09. The highest BCUT2D eigenvalue weighted by molar-refractivity contribution is 5.54. The van der Waals surface area contributed by atoms with Crippen LogP contribution < -0.4 is 5.32 Å².